The summed E-state index contributed by atoms with van der Waals surface area (Å²) in [4.78, 5) is 93.7. The Morgan fingerprint density at radius 2 is 1.76 bits per heavy atom. The Morgan fingerprint density at radius 1 is 1.04 bits per heavy atom. The molecule has 2 aliphatic heterocycles. The van der Waals surface area contributed by atoms with Gasteiger partial charge in [-0.25, -0.2) is 4.79 Å². The molecule has 2 rings (SSSR count). The monoisotopic (exact) mass is 652 g/mol. The lowest BCUT2D eigenvalue weighted by molar-refractivity contribution is -0.133. The Morgan fingerprint density at radius 3 is 2.41 bits per heavy atom. The molecule has 18 N–H and O–H groups in total. The van der Waals surface area contributed by atoms with E-state index in [2.05, 4.69) is 47.5 Å². The maximum Gasteiger partial charge on any atom is 0.316 e. The first-order valence-corrected chi connectivity index (χ1v) is 14.5. The molecule has 8 amide bonds. The average molecular weight is 653 g/mol. The molecule has 1 fully saturated rings. The second-order valence-electron chi connectivity index (χ2n) is 10.7. The predicted molar refractivity (Wildman–Crippen MR) is 163 cm³/mol. The lowest BCUT2D eigenvalue weighted by atomic mass is 10.0. The summed E-state index contributed by atoms with van der Waals surface area (Å²) in [5.41, 5.74) is 27.7. The van der Waals surface area contributed by atoms with Gasteiger partial charge in [-0.3, -0.25) is 33.8 Å². The normalized spacial score (nSPS) is 26.6. The van der Waals surface area contributed by atoms with E-state index in [9.17, 15) is 33.6 Å². The van der Waals surface area contributed by atoms with E-state index in [0.29, 0.717) is 19.4 Å². The summed E-state index contributed by atoms with van der Waals surface area (Å²) < 4.78 is 0. The van der Waals surface area contributed by atoms with E-state index >= 15 is 0 Å². The highest BCUT2D eigenvalue weighted by atomic mass is 16.2. The van der Waals surface area contributed by atoms with Crippen LogP contribution in [0, 0.1) is 0 Å². The Hall–Kier alpha value is -5.02. The van der Waals surface area contributed by atoms with Crippen LogP contribution in [0.15, 0.2) is 16.9 Å². The van der Waals surface area contributed by atoms with Crippen LogP contribution in [0.2, 0.25) is 0 Å². The van der Waals surface area contributed by atoms with Crippen molar-refractivity contribution in [2.45, 2.75) is 68.9 Å². The van der Waals surface area contributed by atoms with E-state index in [4.69, 9.17) is 28.7 Å². The molecule has 0 aromatic heterocycles. The third kappa shape index (κ3) is 12.2. The smallest absolute Gasteiger partial charge is 0.316 e. The van der Waals surface area contributed by atoms with E-state index in [1.165, 1.54) is 6.92 Å². The van der Waals surface area contributed by atoms with Crippen LogP contribution in [-0.4, -0.2) is 110 Å². The number of nitrogens with zero attached hydrogens (tertiary/aromatic N) is 1. The number of urea groups is 1. The number of rotatable bonds is 9. The van der Waals surface area contributed by atoms with Crippen LogP contribution in [0.1, 0.15) is 32.6 Å². The van der Waals surface area contributed by atoms with Crippen molar-refractivity contribution < 1.29 is 33.6 Å². The molecule has 1 saturated heterocycles. The first-order valence-electron chi connectivity index (χ1n) is 14.5. The van der Waals surface area contributed by atoms with Gasteiger partial charge < -0.3 is 71.2 Å². The predicted octanol–water partition coefficient (Wildman–Crippen LogP) is -7.21. The molecule has 0 unspecified atom stereocenters. The van der Waals surface area contributed by atoms with Crippen LogP contribution in [0.5, 0.6) is 0 Å². The van der Waals surface area contributed by atoms with Crippen molar-refractivity contribution in [1.82, 2.24) is 42.5 Å². The lowest BCUT2D eigenvalue weighted by Gasteiger charge is -2.31. The molecule has 0 saturated carbocycles. The van der Waals surface area contributed by atoms with Crippen molar-refractivity contribution in [3.63, 3.8) is 0 Å². The van der Waals surface area contributed by atoms with E-state index in [0.717, 1.165) is 6.20 Å². The topological polar surface area (TPSA) is 358 Å². The second kappa shape index (κ2) is 18.1. The van der Waals surface area contributed by atoms with Gasteiger partial charge in [-0.2, -0.15) is 0 Å². The molecule has 21 heteroatoms. The quantitative estimate of drug-likeness (QED) is 0.103. The van der Waals surface area contributed by atoms with Gasteiger partial charge >= 0.3 is 6.03 Å². The van der Waals surface area contributed by atoms with Crippen molar-refractivity contribution in [3.8, 4) is 0 Å². The summed E-state index contributed by atoms with van der Waals surface area (Å²) in [6.07, 6.45) is 2.01. The molecule has 2 aliphatic rings. The zero-order chi connectivity index (χ0) is 34.4. The van der Waals surface area contributed by atoms with Crippen LogP contribution in [0.25, 0.3) is 0 Å². The molecule has 2 heterocycles. The van der Waals surface area contributed by atoms with E-state index < -0.39 is 90.0 Å². The molecule has 0 radical (unpaired) electrons. The zero-order valence-corrected chi connectivity index (χ0v) is 25.4. The van der Waals surface area contributed by atoms with E-state index in [-0.39, 0.29) is 31.9 Å². The maximum absolute atomic E-state index is 13.4. The Labute approximate surface area is 264 Å². The van der Waals surface area contributed by atoms with Gasteiger partial charge in [0.15, 0.2) is 5.96 Å². The first kappa shape index (κ1) is 37.2. The summed E-state index contributed by atoms with van der Waals surface area (Å²) in [5.74, 6) is -5.04. The van der Waals surface area contributed by atoms with Gasteiger partial charge in [0.1, 0.15) is 29.9 Å². The minimum absolute atomic E-state index is 0.0101. The largest absolute Gasteiger partial charge is 0.370 e. The van der Waals surface area contributed by atoms with Crippen LogP contribution in [0.3, 0.4) is 0 Å². The summed E-state index contributed by atoms with van der Waals surface area (Å²) in [6.45, 7) is 1.08. The number of carbonyl (C=O) groups excluding carboxylic acids is 7. The van der Waals surface area contributed by atoms with Crippen molar-refractivity contribution >= 4 is 47.4 Å². The minimum atomic E-state index is -1.52. The third-order valence-corrected chi connectivity index (χ3v) is 6.84. The first-order chi connectivity index (χ1) is 21.7. The summed E-state index contributed by atoms with van der Waals surface area (Å²) in [5, 5.41) is 19.4. The standard InChI is InChI=1S/C25H44N14O7/c1-11-19(41)36-15(9-32-17(40)7-12(27)3-2-5-26)21(43)37-16(10-34-25(30)46)22(44)39-18(14-4-6-31-24(29)38-14)23(45)33-8-13(28)20(42)35-11/h10-15,18H,2-9,26-28H2,1H3,(H,32,40)(H,33,45)(H,35,42)(H,36,41)(H,37,43)(H,39,44)(H3,29,31,38)(H3,30,34,46)/b16-10+/t11-,12-,13+,14-,15-,18-/m0/s1. The molecule has 0 aliphatic carbocycles. The molecule has 46 heavy (non-hydrogen) atoms. The minimum Gasteiger partial charge on any atom is -0.370 e. The molecule has 21 nitrogen and oxygen atoms in total. The number of amides is 8. The molecular weight excluding hydrogens is 608 g/mol. The number of carbonyl (C=O) groups is 7. The SMILES string of the molecule is C[C@@H]1NC(=O)[C@H](N)CNC(=O)[C@H]([C@@H]2CCN=C(N)N2)NC(=O)/C(=C\NC(N)=O)NC(=O)[C@H](CNC(=O)C[C@@H](N)CCCN)NC1=O. The molecule has 0 aromatic rings. The van der Waals surface area contributed by atoms with Gasteiger partial charge in [0.25, 0.3) is 5.91 Å². The molecule has 0 bridgehead atoms. The highest BCUT2D eigenvalue weighted by molar-refractivity contribution is 6.02. The van der Waals surface area contributed by atoms with Crippen LogP contribution in [0.4, 0.5) is 4.79 Å². The highest BCUT2D eigenvalue weighted by Gasteiger charge is 2.34. The van der Waals surface area contributed by atoms with E-state index in [1.807, 2.05) is 0 Å². The van der Waals surface area contributed by atoms with Crippen molar-refractivity contribution in [2.24, 2.45) is 33.7 Å². The van der Waals surface area contributed by atoms with Crippen LogP contribution in [-0.2, 0) is 28.8 Å². The Kier molecular flexibility index (Phi) is 14.6. The Bertz CT molecular complexity index is 1230. The van der Waals surface area contributed by atoms with Crippen molar-refractivity contribution in [3.05, 3.63) is 11.9 Å². The average Bonchev–Trinajstić information content (AvgIpc) is 3.00. The third-order valence-electron chi connectivity index (χ3n) is 6.84. The van der Waals surface area contributed by atoms with Gasteiger partial charge in [0, 0.05) is 38.3 Å². The molecule has 6 atom stereocenters. The van der Waals surface area contributed by atoms with Gasteiger partial charge in [-0.15, -0.1) is 0 Å². The number of nitrogens with two attached hydrogens (primary N) is 5. The van der Waals surface area contributed by atoms with Crippen LogP contribution >= 0.6 is 0 Å². The van der Waals surface area contributed by atoms with Crippen molar-refractivity contribution in [1.29, 1.82) is 0 Å². The van der Waals surface area contributed by atoms with Gasteiger partial charge in [-0.1, -0.05) is 0 Å². The molecule has 0 aromatic carbocycles. The number of guanidine groups is 1. The van der Waals surface area contributed by atoms with Gasteiger partial charge in [0.2, 0.25) is 29.5 Å². The summed E-state index contributed by atoms with van der Waals surface area (Å²) in [7, 11) is 0. The van der Waals surface area contributed by atoms with E-state index in [1.54, 1.807) is 0 Å². The fourth-order valence-electron chi connectivity index (χ4n) is 4.28. The summed E-state index contributed by atoms with van der Waals surface area (Å²) >= 11 is 0. The van der Waals surface area contributed by atoms with Gasteiger partial charge in [0.05, 0.1) is 6.04 Å². The highest BCUT2D eigenvalue weighted by Crippen LogP contribution is 2.07. The Balaban J connectivity index is 2.42. The maximum atomic E-state index is 13.4. The fraction of sp³-hybridized carbons (Fsp3) is 0.600. The second-order valence-corrected chi connectivity index (χ2v) is 10.7. The van der Waals surface area contributed by atoms with Gasteiger partial charge in [-0.05, 0) is 32.7 Å². The lowest BCUT2D eigenvalue weighted by Crippen LogP contribution is -2.63. The molecule has 0 spiro atoms. The fourth-order valence-corrected chi connectivity index (χ4v) is 4.28. The number of nitrogens with one attached hydrogen (secondary N) is 8. The van der Waals surface area contributed by atoms with Crippen LogP contribution < -0.4 is 71.2 Å². The molecule has 256 valence electrons. The van der Waals surface area contributed by atoms with Crippen molar-refractivity contribution in [2.75, 3.05) is 26.2 Å². The number of hydrogen-bond acceptors (Lipinski definition) is 13. The number of primary amides is 1. The summed E-state index contributed by atoms with van der Waals surface area (Å²) in [6, 6.07) is -7.79. The zero-order valence-electron chi connectivity index (χ0n) is 25.4. The number of aliphatic imine (C=N–C) groups is 1. The molecular formula is C25H44N14O7. The number of hydrogen-bond donors (Lipinski definition) is 13.